The molecule has 0 radical (unpaired) electrons. The number of allylic oxidation sites excluding steroid dienone is 2. The molecule has 0 amide bonds. The van der Waals surface area contributed by atoms with E-state index in [-0.39, 0.29) is 0 Å². The van der Waals surface area contributed by atoms with Crippen molar-refractivity contribution in [3.8, 4) is 22.3 Å². The smallest absolute Gasteiger partial charge is 0.0462 e. The molecule has 0 bridgehead atoms. The van der Waals surface area contributed by atoms with Crippen molar-refractivity contribution in [3.63, 3.8) is 0 Å². The van der Waals surface area contributed by atoms with Gasteiger partial charge in [-0.15, -0.1) is 0 Å². The summed E-state index contributed by atoms with van der Waals surface area (Å²) in [6, 6.07) is 66.1. The van der Waals surface area contributed by atoms with Gasteiger partial charge in [0.2, 0.25) is 0 Å². The Morgan fingerprint density at radius 3 is 1.09 bits per heavy atom. The quantitative estimate of drug-likeness (QED) is 0.130. The van der Waals surface area contributed by atoms with Gasteiger partial charge < -0.3 is 9.80 Å². The second-order valence-electron chi connectivity index (χ2n) is 15.7. The third-order valence-electron chi connectivity index (χ3n) is 12.2. The molecule has 55 heavy (non-hydrogen) atoms. The SMILES string of the molecule is CC1=CC2C1c1c(-c3ccc(N(c4ccccc4)c4ccccc4)cc3)ccc(-c3ccc(N(c4ccccc4)c4ccccc4)cc3)c1C2C(C)C(C)C. The van der Waals surface area contributed by atoms with E-state index in [0.29, 0.717) is 29.6 Å². The molecular formula is C53H48N2. The average Bonchev–Trinajstić information content (AvgIpc) is 3.51. The van der Waals surface area contributed by atoms with Crippen molar-refractivity contribution in [1.29, 1.82) is 0 Å². The summed E-state index contributed by atoms with van der Waals surface area (Å²) in [5, 5.41) is 0. The van der Waals surface area contributed by atoms with Crippen LogP contribution >= 0.6 is 0 Å². The first-order valence-corrected chi connectivity index (χ1v) is 19.8. The molecule has 0 aromatic heterocycles. The maximum Gasteiger partial charge on any atom is 0.0462 e. The summed E-state index contributed by atoms with van der Waals surface area (Å²) < 4.78 is 0. The first kappa shape index (κ1) is 34.6. The van der Waals surface area contributed by atoms with E-state index >= 15 is 0 Å². The number of benzene rings is 7. The number of fused-ring (bicyclic) bond motifs is 3. The molecule has 0 saturated heterocycles. The minimum absolute atomic E-state index is 0.451. The maximum atomic E-state index is 2.57. The second-order valence-corrected chi connectivity index (χ2v) is 15.7. The van der Waals surface area contributed by atoms with Crippen LogP contribution in [0, 0.1) is 17.8 Å². The topological polar surface area (TPSA) is 6.48 Å². The van der Waals surface area contributed by atoms with E-state index in [9.17, 15) is 0 Å². The number of rotatable bonds is 10. The first-order valence-electron chi connectivity index (χ1n) is 19.8. The molecule has 270 valence electrons. The van der Waals surface area contributed by atoms with Gasteiger partial charge in [-0.2, -0.15) is 0 Å². The second kappa shape index (κ2) is 14.6. The van der Waals surface area contributed by atoms with Crippen molar-refractivity contribution in [1.82, 2.24) is 0 Å². The van der Waals surface area contributed by atoms with Crippen molar-refractivity contribution in [3.05, 3.63) is 205 Å². The van der Waals surface area contributed by atoms with Gasteiger partial charge >= 0.3 is 0 Å². The van der Waals surface area contributed by atoms with E-state index in [1.807, 2.05) is 0 Å². The zero-order chi connectivity index (χ0) is 37.5. The Bertz CT molecular complexity index is 2340. The molecule has 2 aliphatic carbocycles. The van der Waals surface area contributed by atoms with Gasteiger partial charge in [-0.1, -0.05) is 142 Å². The number of nitrogens with zero attached hydrogens (tertiary/aromatic N) is 2. The molecule has 0 heterocycles. The van der Waals surface area contributed by atoms with Gasteiger partial charge in [0.05, 0.1) is 0 Å². The van der Waals surface area contributed by atoms with Crippen LogP contribution in [-0.4, -0.2) is 0 Å². The number of anilines is 6. The Labute approximate surface area is 327 Å². The van der Waals surface area contributed by atoms with Gasteiger partial charge in [-0.05, 0) is 137 Å². The van der Waals surface area contributed by atoms with E-state index in [4.69, 9.17) is 0 Å². The molecule has 0 fully saturated rings. The van der Waals surface area contributed by atoms with Gasteiger partial charge in [-0.3, -0.25) is 0 Å². The van der Waals surface area contributed by atoms with Crippen LogP contribution in [0.25, 0.3) is 22.3 Å². The molecule has 2 heteroatoms. The lowest BCUT2D eigenvalue weighted by molar-refractivity contribution is 0.286. The Morgan fingerprint density at radius 2 is 0.745 bits per heavy atom. The molecule has 0 saturated carbocycles. The fourth-order valence-corrected chi connectivity index (χ4v) is 9.26. The van der Waals surface area contributed by atoms with E-state index in [0.717, 1.165) is 34.1 Å². The van der Waals surface area contributed by atoms with Crippen molar-refractivity contribution in [2.24, 2.45) is 17.8 Å². The largest absolute Gasteiger partial charge is 0.311 e. The molecular weight excluding hydrogens is 665 g/mol. The molecule has 7 aromatic rings. The van der Waals surface area contributed by atoms with Crippen LogP contribution < -0.4 is 9.80 Å². The highest BCUT2D eigenvalue weighted by molar-refractivity contribution is 5.85. The number of hydrogen-bond donors (Lipinski definition) is 0. The van der Waals surface area contributed by atoms with E-state index in [1.54, 1.807) is 5.56 Å². The Morgan fingerprint density at radius 1 is 0.400 bits per heavy atom. The highest BCUT2D eigenvalue weighted by Gasteiger charge is 2.49. The molecule has 4 unspecified atom stereocenters. The lowest BCUT2D eigenvalue weighted by Crippen LogP contribution is -2.26. The van der Waals surface area contributed by atoms with Crippen LogP contribution in [0.1, 0.15) is 50.7 Å². The van der Waals surface area contributed by atoms with Crippen LogP contribution in [0.5, 0.6) is 0 Å². The molecule has 2 nitrogen and oxygen atoms in total. The fourth-order valence-electron chi connectivity index (χ4n) is 9.26. The minimum atomic E-state index is 0.451. The predicted molar refractivity (Wildman–Crippen MR) is 233 cm³/mol. The van der Waals surface area contributed by atoms with Gasteiger partial charge in [0.15, 0.2) is 0 Å². The molecule has 4 atom stereocenters. The van der Waals surface area contributed by atoms with Crippen LogP contribution in [0.2, 0.25) is 0 Å². The summed E-state index contributed by atoms with van der Waals surface area (Å²) in [5.41, 5.74) is 16.8. The zero-order valence-electron chi connectivity index (χ0n) is 32.2. The van der Waals surface area contributed by atoms with Crippen LogP contribution in [0.15, 0.2) is 194 Å². The molecule has 0 spiro atoms. The Balaban J connectivity index is 1.15. The summed E-state index contributed by atoms with van der Waals surface area (Å²) in [7, 11) is 0. The third kappa shape index (κ3) is 6.26. The molecule has 0 N–H and O–H groups in total. The fraction of sp³-hybridized carbons (Fsp3) is 0.170. The maximum absolute atomic E-state index is 2.57. The molecule has 0 aliphatic heterocycles. The molecule has 7 aromatic carbocycles. The van der Waals surface area contributed by atoms with Crippen molar-refractivity contribution >= 4 is 34.1 Å². The number of para-hydroxylation sites is 4. The van der Waals surface area contributed by atoms with E-state index in [1.165, 1.54) is 33.4 Å². The van der Waals surface area contributed by atoms with Gasteiger partial charge in [-0.25, -0.2) is 0 Å². The van der Waals surface area contributed by atoms with Crippen LogP contribution in [0.3, 0.4) is 0 Å². The van der Waals surface area contributed by atoms with Crippen molar-refractivity contribution in [2.75, 3.05) is 9.80 Å². The monoisotopic (exact) mass is 712 g/mol. The van der Waals surface area contributed by atoms with Crippen LogP contribution in [-0.2, 0) is 0 Å². The number of hydrogen-bond acceptors (Lipinski definition) is 2. The Kier molecular flexibility index (Phi) is 9.20. The third-order valence-corrected chi connectivity index (χ3v) is 12.2. The lowest BCUT2D eigenvalue weighted by Gasteiger charge is -2.36. The molecule has 2 aliphatic rings. The van der Waals surface area contributed by atoms with E-state index in [2.05, 4.69) is 226 Å². The summed E-state index contributed by atoms with van der Waals surface area (Å²) in [6.07, 6.45) is 2.57. The average molecular weight is 713 g/mol. The van der Waals surface area contributed by atoms with Crippen LogP contribution in [0.4, 0.5) is 34.1 Å². The summed E-state index contributed by atoms with van der Waals surface area (Å²) in [4.78, 5) is 4.68. The zero-order valence-corrected chi connectivity index (χ0v) is 32.2. The standard InChI is InChI=1S/C53H48N2/c1-36(2)38(4)51-49-35-37(3)50(49)52-47(39-25-29-45(30-26-39)54(41-17-9-5-10-18-41)42-19-11-6-12-20-42)33-34-48(53(51)52)40-27-31-46(32-28-40)55(43-21-13-7-14-22-43)44-23-15-8-16-24-44/h5-36,38,49-51H,1-4H3. The Hall–Kier alpha value is -6.12. The van der Waals surface area contributed by atoms with Crippen molar-refractivity contribution < 1.29 is 0 Å². The predicted octanol–water partition coefficient (Wildman–Crippen LogP) is 15.0. The van der Waals surface area contributed by atoms with Gasteiger partial charge in [0, 0.05) is 40.0 Å². The van der Waals surface area contributed by atoms with Gasteiger partial charge in [0.25, 0.3) is 0 Å². The summed E-state index contributed by atoms with van der Waals surface area (Å²) in [5.74, 6) is 2.58. The summed E-state index contributed by atoms with van der Waals surface area (Å²) in [6.45, 7) is 9.63. The van der Waals surface area contributed by atoms with E-state index < -0.39 is 0 Å². The highest BCUT2D eigenvalue weighted by Crippen LogP contribution is 2.63. The minimum Gasteiger partial charge on any atom is -0.311 e. The highest BCUT2D eigenvalue weighted by atomic mass is 15.1. The van der Waals surface area contributed by atoms with Crippen molar-refractivity contribution in [2.45, 2.75) is 39.5 Å². The summed E-state index contributed by atoms with van der Waals surface area (Å²) >= 11 is 0. The lowest BCUT2D eigenvalue weighted by atomic mass is 9.67. The van der Waals surface area contributed by atoms with Gasteiger partial charge in [0.1, 0.15) is 0 Å². The molecule has 9 rings (SSSR count). The normalized spacial score (nSPS) is 17.5. The first-order chi connectivity index (χ1) is 27.0.